The van der Waals surface area contributed by atoms with Crippen LogP contribution in [0.5, 0.6) is 0 Å². The second-order valence-electron chi connectivity index (χ2n) is 4.78. The molecule has 1 nitrogen and oxygen atoms in total. The zero-order chi connectivity index (χ0) is 11.3. The van der Waals surface area contributed by atoms with Crippen LogP contribution in [0.2, 0.25) is 0 Å². The molecule has 0 saturated carbocycles. The van der Waals surface area contributed by atoms with Crippen LogP contribution in [0, 0.1) is 5.92 Å². The van der Waals surface area contributed by atoms with Crippen molar-refractivity contribution in [3.63, 3.8) is 0 Å². The highest BCUT2D eigenvalue weighted by atomic mass is 16.1. The molecular formula is C14H22O. The fourth-order valence-electron chi connectivity index (χ4n) is 1.99. The van der Waals surface area contributed by atoms with Gasteiger partial charge < -0.3 is 0 Å². The molecule has 1 unspecified atom stereocenters. The van der Waals surface area contributed by atoms with Gasteiger partial charge in [-0.05, 0) is 39.0 Å². The van der Waals surface area contributed by atoms with Crippen LogP contribution >= 0.6 is 0 Å². The summed E-state index contributed by atoms with van der Waals surface area (Å²) in [6, 6.07) is 0. The van der Waals surface area contributed by atoms with Crippen LogP contribution < -0.4 is 0 Å². The Morgan fingerprint density at radius 2 is 2.20 bits per heavy atom. The van der Waals surface area contributed by atoms with Crippen molar-refractivity contribution in [2.45, 2.75) is 52.9 Å². The molecule has 0 radical (unpaired) electrons. The molecule has 0 aromatic carbocycles. The standard InChI is InChI=1S/C14H22O/c1-11(2)5-4-6-12(3)13-7-9-14(15)10-8-13/h5,7,12H,4,6,8-10H2,1-3H3. The molecule has 15 heavy (non-hydrogen) atoms. The van der Waals surface area contributed by atoms with Crippen molar-refractivity contribution in [1.29, 1.82) is 0 Å². The third-order valence-corrected chi connectivity index (χ3v) is 3.07. The van der Waals surface area contributed by atoms with E-state index in [4.69, 9.17) is 0 Å². The highest BCUT2D eigenvalue weighted by Crippen LogP contribution is 2.25. The minimum atomic E-state index is 0.398. The number of carbonyl (C=O) groups is 1. The van der Waals surface area contributed by atoms with Gasteiger partial charge in [0.2, 0.25) is 0 Å². The van der Waals surface area contributed by atoms with E-state index in [1.54, 1.807) is 0 Å². The van der Waals surface area contributed by atoms with Crippen molar-refractivity contribution in [3.05, 3.63) is 23.3 Å². The molecule has 0 saturated heterocycles. The smallest absolute Gasteiger partial charge is 0.136 e. The summed E-state index contributed by atoms with van der Waals surface area (Å²) in [4.78, 5) is 11.1. The molecule has 0 heterocycles. The van der Waals surface area contributed by atoms with Crippen LogP contribution in [0.15, 0.2) is 23.3 Å². The lowest BCUT2D eigenvalue weighted by Crippen LogP contribution is -2.09. The first-order valence-corrected chi connectivity index (χ1v) is 5.93. The lowest BCUT2D eigenvalue weighted by Gasteiger charge is -2.18. The Kier molecular flexibility index (Phi) is 4.80. The van der Waals surface area contributed by atoms with E-state index < -0.39 is 0 Å². The molecular weight excluding hydrogens is 184 g/mol. The number of hydrogen-bond donors (Lipinski definition) is 0. The van der Waals surface area contributed by atoms with E-state index in [0.717, 1.165) is 19.3 Å². The third kappa shape index (κ3) is 4.46. The first kappa shape index (κ1) is 12.2. The van der Waals surface area contributed by atoms with Crippen LogP contribution in [-0.4, -0.2) is 5.78 Å². The van der Waals surface area contributed by atoms with Crippen LogP contribution in [0.3, 0.4) is 0 Å². The van der Waals surface area contributed by atoms with Gasteiger partial charge in [0.1, 0.15) is 5.78 Å². The summed E-state index contributed by atoms with van der Waals surface area (Å²) in [5.41, 5.74) is 2.90. The normalized spacial score (nSPS) is 18.3. The molecule has 0 fully saturated rings. The lowest BCUT2D eigenvalue weighted by molar-refractivity contribution is -0.118. The molecule has 0 aliphatic heterocycles. The van der Waals surface area contributed by atoms with Crippen molar-refractivity contribution in [3.8, 4) is 0 Å². The first-order valence-electron chi connectivity index (χ1n) is 5.93. The molecule has 1 aliphatic rings. The van der Waals surface area contributed by atoms with Crippen LogP contribution in [0.25, 0.3) is 0 Å². The highest BCUT2D eigenvalue weighted by Gasteiger charge is 2.14. The fourth-order valence-corrected chi connectivity index (χ4v) is 1.99. The summed E-state index contributed by atoms with van der Waals surface area (Å²) in [6.45, 7) is 6.56. The van der Waals surface area contributed by atoms with Crippen molar-refractivity contribution >= 4 is 5.78 Å². The maximum atomic E-state index is 11.1. The number of Topliss-reactive ketones (excluding diaryl/α,β-unsaturated/α-hetero) is 1. The van der Waals surface area contributed by atoms with Crippen molar-refractivity contribution in [2.75, 3.05) is 0 Å². The van der Waals surface area contributed by atoms with E-state index in [1.807, 2.05) is 0 Å². The maximum Gasteiger partial charge on any atom is 0.136 e. The average molecular weight is 206 g/mol. The fraction of sp³-hybridized carbons (Fsp3) is 0.643. The zero-order valence-electron chi connectivity index (χ0n) is 10.2. The zero-order valence-corrected chi connectivity index (χ0v) is 10.2. The molecule has 0 amide bonds. The van der Waals surface area contributed by atoms with Crippen LogP contribution in [0.1, 0.15) is 52.9 Å². The summed E-state index contributed by atoms with van der Waals surface area (Å²) in [5, 5.41) is 0. The molecule has 1 aliphatic carbocycles. The third-order valence-electron chi connectivity index (χ3n) is 3.07. The summed E-state index contributed by atoms with van der Waals surface area (Å²) in [5.74, 6) is 1.05. The van der Waals surface area contributed by atoms with Gasteiger partial charge in [-0.25, -0.2) is 0 Å². The minimum absolute atomic E-state index is 0.398. The monoisotopic (exact) mass is 206 g/mol. The number of rotatable bonds is 4. The SMILES string of the molecule is CC(C)=CCCC(C)C1=CCC(=O)CC1. The summed E-state index contributed by atoms with van der Waals surface area (Å²) >= 11 is 0. The van der Waals surface area contributed by atoms with Gasteiger partial charge in [-0.15, -0.1) is 0 Å². The predicted octanol–water partition coefficient (Wildman–Crippen LogP) is 4.05. The van der Waals surface area contributed by atoms with Gasteiger partial charge in [-0.1, -0.05) is 30.2 Å². The minimum Gasteiger partial charge on any atom is -0.299 e. The van der Waals surface area contributed by atoms with E-state index in [0.29, 0.717) is 18.1 Å². The average Bonchev–Trinajstić information content (AvgIpc) is 2.18. The predicted molar refractivity (Wildman–Crippen MR) is 64.8 cm³/mol. The topological polar surface area (TPSA) is 17.1 Å². The van der Waals surface area contributed by atoms with E-state index in [1.165, 1.54) is 17.6 Å². The number of hydrogen-bond acceptors (Lipinski definition) is 1. The van der Waals surface area contributed by atoms with E-state index in [-0.39, 0.29) is 0 Å². The van der Waals surface area contributed by atoms with Gasteiger partial charge in [0.15, 0.2) is 0 Å². The lowest BCUT2D eigenvalue weighted by atomic mass is 9.87. The molecule has 84 valence electrons. The Labute approximate surface area is 93.3 Å². The molecule has 0 aromatic heterocycles. The Bertz CT molecular complexity index is 280. The molecule has 1 atom stereocenters. The van der Waals surface area contributed by atoms with E-state index in [2.05, 4.69) is 32.9 Å². The molecule has 0 aromatic rings. The van der Waals surface area contributed by atoms with Gasteiger partial charge in [-0.3, -0.25) is 4.79 Å². The van der Waals surface area contributed by atoms with Gasteiger partial charge in [0, 0.05) is 12.8 Å². The van der Waals surface area contributed by atoms with Crippen LogP contribution in [-0.2, 0) is 4.79 Å². The summed E-state index contributed by atoms with van der Waals surface area (Å²) in [6.07, 6.45) is 9.25. The quantitative estimate of drug-likeness (QED) is 0.634. The van der Waals surface area contributed by atoms with Crippen molar-refractivity contribution in [2.24, 2.45) is 5.92 Å². The first-order chi connectivity index (χ1) is 7.09. The molecule has 0 spiro atoms. The molecule has 0 N–H and O–H groups in total. The number of carbonyl (C=O) groups excluding carboxylic acids is 1. The van der Waals surface area contributed by atoms with Gasteiger partial charge in [-0.2, -0.15) is 0 Å². The highest BCUT2D eigenvalue weighted by molar-refractivity contribution is 5.81. The molecule has 0 bridgehead atoms. The van der Waals surface area contributed by atoms with E-state index >= 15 is 0 Å². The summed E-state index contributed by atoms with van der Waals surface area (Å²) in [7, 11) is 0. The maximum absolute atomic E-state index is 11.1. The summed E-state index contributed by atoms with van der Waals surface area (Å²) < 4.78 is 0. The van der Waals surface area contributed by atoms with Crippen molar-refractivity contribution < 1.29 is 4.79 Å². The van der Waals surface area contributed by atoms with Gasteiger partial charge in [0.25, 0.3) is 0 Å². The van der Waals surface area contributed by atoms with Crippen LogP contribution in [0.4, 0.5) is 0 Å². The van der Waals surface area contributed by atoms with Gasteiger partial charge >= 0.3 is 0 Å². The van der Waals surface area contributed by atoms with Gasteiger partial charge in [0.05, 0.1) is 0 Å². The Morgan fingerprint density at radius 1 is 1.47 bits per heavy atom. The van der Waals surface area contributed by atoms with Crippen molar-refractivity contribution in [1.82, 2.24) is 0 Å². The Hall–Kier alpha value is -0.850. The number of ketones is 1. The Morgan fingerprint density at radius 3 is 2.73 bits per heavy atom. The Balaban J connectivity index is 2.37. The number of allylic oxidation sites excluding steroid dienone is 4. The largest absolute Gasteiger partial charge is 0.299 e. The van der Waals surface area contributed by atoms with E-state index in [9.17, 15) is 4.79 Å². The molecule has 1 heteroatoms. The second kappa shape index (κ2) is 5.89. The second-order valence-corrected chi connectivity index (χ2v) is 4.78. The molecule has 1 rings (SSSR count).